The fraction of sp³-hybridized carbons (Fsp3) is 0.381. The number of nitro groups is 1. The van der Waals surface area contributed by atoms with E-state index in [1.54, 1.807) is 24.1 Å². The van der Waals surface area contributed by atoms with Crippen LogP contribution in [0.4, 0.5) is 5.69 Å². The molecule has 0 heterocycles. The van der Waals surface area contributed by atoms with Crippen molar-refractivity contribution in [2.45, 2.75) is 32.4 Å². The molecule has 0 aromatic heterocycles. The zero-order valence-corrected chi connectivity index (χ0v) is 16.0. The molecule has 7 heteroatoms. The standard InChI is InChI=1S/C21H24N2O5/c1-15(17-9-10-17)22(13-16-7-11-18(27-2)12-8-16)21(24)14-28-20-6-4-3-5-19(20)23(25)26/h3-8,11-12,15,17H,9-10,13-14H2,1-2H3. The van der Waals surface area contributed by atoms with Gasteiger partial charge in [-0.05, 0) is 49.4 Å². The largest absolute Gasteiger partial charge is 0.497 e. The maximum Gasteiger partial charge on any atom is 0.310 e. The second-order valence-electron chi connectivity index (χ2n) is 6.96. The summed E-state index contributed by atoms with van der Waals surface area (Å²) < 4.78 is 10.7. The molecule has 2 aromatic carbocycles. The van der Waals surface area contributed by atoms with Crippen molar-refractivity contribution in [2.75, 3.05) is 13.7 Å². The Hall–Kier alpha value is -3.09. The smallest absolute Gasteiger partial charge is 0.310 e. The Morgan fingerprint density at radius 3 is 2.50 bits per heavy atom. The zero-order valence-electron chi connectivity index (χ0n) is 16.0. The SMILES string of the molecule is COc1ccc(CN(C(=O)COc2ccccc2[N+](=O)[O-])C(C)C2CC2)cc1. The van der Waals surface area contributed by atoms with Gasteiger partial charge in [-0.25, -0.2) is 0 Å². The van der Waals surface area contributed by atoms with Gasteiger partial charge in [0.15, 0.2) is 12.4 Å². The summed E-state index contributed by atoms with van der Waals surface area (Å²) in [6.45, 7) is 2.27. The van der Waals surface area contributed by atoms with Crippen molar-refractivity contribution < 1.29 is 19.2 Å². The highest BCUT2D eigenvalue weighted by Gasteiger charge is 2.34. The fourth-order valence-electron chi connectivity index (χ4n) is 3.17. The van der Waals surface area contributed by atoms with E-state index in [1.807, 2.05) is 31.2 Å². The number of methoxy groups -OCH3 is 1. The molecule has 2 aromatic rings. The van der Waals surface area contributed by atoms with E-state index in [9.17, 15) is 14.9 Å². The molecule has 1 amide bonds. The Morgan fingerprint density at radius 2 is 1.89 bits per heavy atom. The van der Waals surface area contributed by atoms with Gasteiger partial charge < -0.3 is 14.4 Å². The van der Waals surface area contributed by atoms with Gasteiger partial charge in [0, 0.05) is 18.7 Å². The average Bonchev–Trinajstić information content (AvgIpc) is 3.55. The summed E-state index contributed by atoms with van der Waals surface area (Å²) in [5.41, 5.74) is 0.847. The number of hydrogen-bond acceptors (Lipinski definition) is 5. The van der Waals surface area contributed by atoms with Crippen LogP contribution in [-0.4, -0.2) is 35.5 Å². The van der Waals surface area contributed by atoms with E-state index in [0.29, 0.717) is 12.5 Å². The molecule has 148 valence electrons. The lowest BCUT2D eigenvalue weighted by Gasteiger charge is -2.29. The summed E-state index contributed by atoms with van der Waals surface area (Å²) in [6.07, 6.45) is 2.22. The summed E-state index contributed by atoms with van der Waals surface area (Å²) in [4.78, 5) is 25.3. The number of carbonyl (C=O) groups excluding carboxylic acids is 1. The number of nitrogens with zero attached hydrogens (tertiary/aromatic N) is 2. The monoisotopic (exact) mass is 384 g/mol. The molecule has 7 nitrogen and oxygen atoms in total. The molecule has 1 unspecified atom stereocenters. The first-order chi connectivity index (χ1) is 13.5. The Balaban J connectivity index is 1.71. The molecule has 0 N–H and O–H groups in total. The van der Waals surface area contributed by atoms with E-state index in [0.717, 1.165) is 24.2 Å². The van der Waals surface area contributed by atoms with Crippen LogP contribution in [0.2, 0.25) is 0 Å². The number of carbonyl (C=O) groups is 1. The predicted molar refractivity (Wildman–Crippen MR) is 104 cm³/mol. The second-order valence-corrected chi connectivity index (χ2v) is 6.96. The van der Waals surface area contributed by atoms with Crippen LogP contribution in [0.5, 0.6) is 11.5 Å². The van der Waals surface area contributed by atoms with Crippen LogP contribution in [0, 0.1) is 16.0 Å². The molecule has 28 heavy (non-hydrogen) atoms. The molecule has 0 spiro atoms. The van der Waals surface area contributed by atoms with Gasteiger partial charge in [-0.1, -0.05) is 24.3 Å². The summed E-state index contributed by atoms with van der Waals surface area (Å²) in [6, 6.07) is 13.8. The van der Waals surface area contributed by atoms with Crippen molar-refractivity contribution in [1.82, 2.24) is 4.90 Å². The quantitative estimate of drug-likeness (QED) is 0.485. The van der Waals surface area contributed by atoms with Crippen molar-refractivity contribution >= 4 is 11.6 Å². The van der Waals surface area contributed by atoms with Crippen molar-refractivity contribution in [3.8, 4) is 11.5 Å². The Bertz CT molecular complexity index is 833. The number of amides is 1. The summed E-state index contributed by atoms with van der Waals surface area (Å²) in [7, 11) is 1.61. The van der Waals surface area contributed by atoms with Crippen molar-refractivity contribution in [1.29, 1.82) is 0 Å². The highest BCUT2D eigenvalue weighted by Crippen LogP contribution is 2.36. The van der Waals surface area contributed by atoms with Crippen LogP contribution in [0.3, 0.4) is 0 Å². The van der Waals surface area contributed by atoms with E-state index in [4.69, 9.17) is 9.47 Å². The highest BCUT2D eigenvalue weighted by molar-refractivity contribution is 5.78. The molecule has 0 radical (unpaired) electrons. The van der Waals surface area contributed by atoms with Gasteiger partial charge in [0.1, 0.15) is 5.75 Å². The third kappa shape index (κ3) is 4.79. The number of ether oxygens (including phenoxy) is 2. The van der Waals surface area contributed by atoms with Gasteiger partial charge in [0.25, 0.3) is 5.91 Å². The summed E-state index contributed by atoms with van der Waals surface area (Å²) in [5, 5.41) is 11.1. The first kappa shape index (κ1) is 19.7. The highest BCUT2D eigenvalue weighted by atomic mass is 16.6. The number of rotatable bonds is 9. The van der Waals surface area contributed by atoms with E-state index in [-0.39, 0.29) is 30.0 Å². The molecule has 3 rings (SSSR count). The molecule has 0 aliphatic heterocycles. The molecule has 1 fully saturated rings. The molecule has 1 atom stereocenters. The van der Waals surface area contributed by atoms with Gasteiger partial charge in [0.05, 0.1) is 12.0 Å². The van der Waals surface area contributed by atoms with Gasteiger partial charge in [-0.15, -0.1) is 0 Å². The minimum atomic E-state index is -0.512. The zero-order chi connectivity index (χ0) is 20.1. The van der Waals surface area contributed by atoms with E-state index < -0.39 is 4.92 Å². The average molecular weight is 384 g/mol. The molecule has 1 aliphatic rings. The molecular formula is C21H24N2O5. The molecule has 0 bridgehead atoms. The third-order valence-corrected chi connectivity index (χ3v) is 5.04. The van der Waals surface area contributed by atoms with Crippen molar-refractivity contribution in [3.05, 3.63) is 64.2 Å². The van der Waals surface area contributed by atoms with Gasteiger partial charge in [-0.3, -0.25) is 14.9 Å². The number of nitro benzene ring substituents is 1. The molecule has 0 saturated heterocycles. The first-order valence-corrected chi connectivity index (χ1v) is 9.28. The number of benzene rings is 2. The first-order valence-electron chi connectivity index (χ1n) is 9.28. The van der Waals surface area contributed by atoms with Crippen LogP contribution in [-0.2, 0) is 11.3 Å². The second kappa shape index (κ2) is 8.73. The minimum absolute atomic E-state index is 0.0870. The maximum absolute atomic E-state index is 12.9. The Kier molecular flexibility index (Phi) is 6.13. The maximum atomic E-state index is 12.9. The summed E-state index contributed by atoms with van der Waals surface area (Å²) in [5.74, 6) is 1.17. The minimum Gasteiger partial charge on any atom is -0.497 e. The fourth-order valence-corrected chi connectivity index (χ4v) is 3.17. The molecule has 1 saturated carbocycles. The molecular weight excluding hydrogens is 360 g/mol. The Labute approximate surface area is 164 Å². The van der Waals surface area contributed by atoms with E-state index in [2.05, 4.69) is 0 Å². The van der Waals surface area contributed by atoms with Gasteiger partial charge in [0.2, 0.25) is 0 Å². The van der Waals surface area contributed by atoms with Crippen LogP contribution in [0.1, 0.15) is 25.3 Å². The van der Waals surface area contributed by atoms with Crippen LogP contribution < -0.4 is 9.47 Å². The van der Waals surface area contributed by atoms with E-state index >= 15 is 0 Å². The lowest BCUT2D eigenvalue weighted by atomic mass is 10.1. The normalized spacial score (nSPS) is 14.2. The summed E-state index contributed by atoms with van der Waals surface area (Å²) >= 11 is 0. The lowest BCUT2D eigenvalue weighted by molar-refractivity contribution is -0.385. The topological polar surface area (TPSA) is 81.9 Å². The van der Waals surface area contributed by atoms with Gasteiger partial charge >= 0.3 is 5.69 Å². The van der Waals surface area contributed by atoms with Crippen LogP contribution in [0.15, 0.2) is 48.5 Å². The number of hydrogen-bond donors (Lipinski definition) is 0. The van der Waals surface area contributed by atoms with Crippen molar-refractivity contribution in [3.63, 3.8) is 0 Å². The van der Waals surface area contributed by atoms with Crippen LogP contribution >= 0.6 is 0 Å². The third-order valence-electron chi connectivity index (χ3n) is 5.04. The Morgan fingerprint density at radius 1 is 1.21 bits per heavy atom. The van der Waals surface area contributed by atoms with E-state index in [1.165, 1.54) is 12.1 Å². The van der Waals surface area contributed by atoms with Crippen molar-refractivity contribution in [2.24, 2.45) is 5.92 Å². The predicted octanol–water partition coefficient (Wildman–Crippen LogP) is 3.81. The van der Waals surface area contributed by atoms with Crippen LogP contribution in [0.25, 0.3) is 0 Å². The molecule has 1 aliphatic carbocycles. The number of para-hydroxylation sites is 2. The lowest BCUT2D eigenvalue weighted by Crippen LogP contribution is -2.42. The van der Waals surface area contributed by atoms with Gasteiger partial charge in [-0.2, -0.15) is 0 Å².